The van der Waals surface area contributed by atoms with Crippen LogP contribution in [0, 0.1) is 0 Å². The van der Waals surface area contributed by atoms with Crippen molar-refractivity contribution in [2.45, 2.75) is 20.0 Å². The molecule has 0 heterocycles. The number of benzene rings is 2. The van der Waals surface area contributed by atoms with Gasteiger partial charge in [0.15, 0.2) is 0 Å². The van der Waals surface area contributed by atoms with Gasteiger partial charge in [-0.3, -0.25) is 0 Å². The van der Waals surface area contributed by atoms with Crippen LogP contribution in [0.5, 0.6) is 17.2 Å². The zero-order valence-corrected chi connectivity index (χ0v) is 13.2. The van der Waals surface area contributed by atoms with Gasteiger partial charge in [-0.05, 0) is 42.3 Å². The fraction of sp³-hybridized carbons (Fsp3) is 0.294. The maximum atomic E-state index is 9.55. The van der Waals surface area contributed by atoms with Gasteiger partial charge in [0.1, 0.15) is 23.9 Å². The number of nitrogens with zero attached hydrogens (tertiary/aromatic N) is 1. The number of methoxy groups -OCH3 is 1. The second-order valence-electron chi connectivity index (χ2n) is 5.00. The number of anilines is 1. The van der Waals surface area contributed by atoms with Crippen molar-refractivity contribution in [3.63, 3.8) is 0 Å². The van der Waals surface area contributed by atoms with Crippen molar-refractivity contribution in [1.82, 2.24) is 0 Å². The van der Waals surface area contributed by atoms with Gasteiger partial charge in [0.25, 0.3) is 0 Å². The number of phenolic OH excluding ortho intramolecular Hbond substituents is 1. The molecule has 0 fully saturated rings. The lowest BCUT2D eigenvalue weighted by Crippen LogP contribution is -2.26. The fourth-order valence-corrected chi connectivity index (χ4v) is 2.35. The second-order valence-corrected chi connectivity index (χ2v) is 5.00. The molecular formula is C17H22N2O3. The number of aromatic hydroxyl groups is 1. The first-order valence-electron chi connectivity index (χ1n) is 7.15. The van der Waals surface area contributed by atoms with Crippen molar-refractivity contribution in [2.24, 2.45) is 5.84 Å². The molecule has 0 spiro atoms. The first kappa shape index (κ1) is 16.0. The molecule has 2 rings (SSSR count). The van der Waals surface area contributed by atoms with Crippen LogP contribution in [0.15, 0.2) is 36.4 Å². The summed E-state index contributed by atoms with van der Waals surface area (Å²) in [6.07, 6.45) is 0.777. The van der Waals surface area contributed by atoms with E-state index in [2.05, 4.69) is 0 Å². The molecule has 0 aromatic heterocycles. The van der Waals surface area contributed by atoms with Crippen LogP contribution in [0.1, 0.15) is 18.1 Å². The summed E-state index contributed by atoms with van der Waals surface area (Å²) in [5.74, 6) is 7.59. The monoisotopic (exact) mass is 302 g/mol. The Morgan fingerprint density at radius 2 is 1.95 bits per heavy atom. The average molecular weight is 302 g/mol. The minimum absolute atomic E-state index is 0.240. The van der Waals surface area contributed by atoms with E-state index in [0.29, 0.717) is 6.61 Å². The Labute approximate surface area is 130 Å². The molecule has 2 aromatic rings. The Bertz CT molecular complexity index is 642. The highest BCUT2D eigenvalue weighted by Gasteiger charge is 2.13. The van der Waals surface area contributed by atoms with E-state index in [1.54, 1.807) is 37.4 Å². The SMILES string of the molecule is CCc1cc(O)ccc1OCc1c(OC)cccc1N(C)N. The Morgan fingerprint density at radius 3 is 2.59 bits per heavy atom. The quantitative estimate of drug-likeness (QED) is 0.634. The number of nitrogens with two attached hydrogens (primary N) is 1. The van der Waals surface area contributed by atoms with E-state index >= 15 is 0 Å². The molecule has 0 aliphatic heterocycles. The standard InChI is InChI=1S/C17H22N2O3/c1-4-12-10-13(20)8-9-16(12)22-11-14-15(19(2)18)6-5-7-17(14)21-3/h5-10,20H,4,11,18H2,1-3H3. The zero-order chi connectivity index (χ0) is 16.1. The highest BCUT2D eigenvalue weighted by molar-refractivity contribution is 5.58. The van der Waals surface area contributed by atoms with Gasteiger partial charge < -0.3 is 19.6 Å². The molecule has 22 heavy (non-hydrogen) atoms. The van der Waals surface area contributed by atoms with Crippen LogP contribution in [0.3, 0.4) is 0 Å². The number of aryl methyl sites for hydroxylation is 1. The average Bonchev–Trinajstić information content (AvgIpc) is 2.52. The molecule has 118 valence electrons. The molecule has 0 unspecified atom stereocenters. The number of hydrazine groups is 1. The number of hydrogen-bond acceptors (Lipinski definition) is 5. The second kappa shape index (κ2) is 7.04. The third-order valence-electron chi connectivity index (χ3n) is 3.51. The van der Waals surface area contributed by atoms with Gasteiger partial charge in [-0.25, -0.2) is 5.84 Å². The highest BCUT2D eigenvalue weighted by atomic mass is 16.5. The molecule has 0 aliphatic carbocycles. The van der Waals surface area contributed by atoms with Crippen LogP contribution in [0.4, 0.5) is 5.69 Å². The van der Waals surface area contributed by atoms with Crippen molar-refractivity contribution >= 4 is 5.69 Å². The van der Waals surface area contributed by atoms with Crippen molar-refractivity contribution in [3.05, 3.63) is 47.5 Å². The van der Waals surface area contributed by atoms with Crippen LogP contribution in [0.2, 0.25) is 0 Å². The van der Waals surface area contributed by atoms with E-state index in [1.165, 1.54) is 0 Å². The van der Waals surface area contributed by atoms with Crippen LogP contribution in [0.25, 0.3) is 0 Å². The summed E-state index contributed by atoms with van der Waals surface area (Å²) in [4.78, 5) is 0. The maximum absolute atomic E-state index is 9.55. The topological polar surface area (TPSA) is 68.0 Å². The molecule has 3 N–H and O–H groups in total. The summed E-state index contributed by atoms with van der Waals surface area (Å²) in [6, 6.07) is 10.8. The van der Waals surface area contributed by atoms with E-state index in [9.17, 15) is 5.11 Å². The Hall–Kier alpha value is -2.40. The van der Waals surface area contributed by atoms with Crippen molar-refractivity contribution in [1.29, 1.82) is 0 Å². The molecular weight excluding hydrogens is 280 g/mol. The number of rotatable bonds is 6. The highest BCUT2D eigenvalue weighted by Crippen LogP contribution is 2.30. The largest absolute Gasteiger partial charge is 0.508 e. The minimum atomic E-state index is 0.240. The van der Waals surface area contributed by atoms with Crippen LogP contribution in [-0.2, 0) is 13.0 Å². The summed E-state index contributed by atoms with van der Waals surface area (Å²) in [5, 5.41) is 11.1. The fourth-order valence-electron chi connectivity index (χ4n) is 2.35. The zero-order valence-electron chi connectivity index (χ0n) is 13.2. The molecule has 0 aliphatic rings. The van der Waals surface area contributed by atoms with Gasteiger partial charge in [0.2, 0.25) is 0 Å². The van der Waals surface area contributed by atoms with E-state index in [1.807, 2.05) is 25.1 Å². The maximum Gasteiger partial charge on any atom is 0.127 e. The summed E-state index contributed by atoms with van der Waals surface area (Å²) in [7, 11) is 3.40. The van der Waals surface area contributed by atoms with Gasteiger partial charge in [0.05, 0.1) is 18.4 Å². The van der Waals surface area contributed by atoms with Gasteiger partial charge >= 0.3 is 0 Å². The van der Waals surface area contributed by atoms with E-state index < -0.39 is 0 Å². The van der Waals surface area contributed by atoms with Gasteiger partial charge in [-0.1, -0.05) is 13.0 Å². The van der Waals surface area contributed by atoms with Crippen LogP contribution >= 0.6 is 0 Å². The van der Waals surface area contributed by atoms with Crippen molar-refractivity contribution in [3.8, 4) is 17.2 Å². The molecule has 2 aromatic carbocycles. The lowest BCUT2D eigenvalue weighted by molar-refractivity contribution is 0.293. The summed E-state index contributed by atoms with van der Waals surface area (Å²) in [6.45, 7) is 2.35. The normalized spacial score (nSPS) is 10.4. The van der Waals surface area contributed by atoms with Crippen molar-refractivity contribution < 1.29 is 14.6 Å². The predicted octanol–water partition coefficient (Wildman–Crippen LogP) is 2.85. The van der Waals surface area contributed by atoms with E-state index in [0.717, 1.165) is 34.7 Å². The molecule has 0 bridgehead atoms. The third-order valence-corrected chi connectivity index (χ3v) is 3.51. The predicted molar refractivity (Wildman–Crippen MR) is 87.4 cm³/mol. The molecule has 5 heteroatoms. The Morgan fingerprint density at radius 1 is 1.18 bits per heavy atom. The van der Waals surface area contributed by atoms with Gasteiger partial charge in [-0.15, -0.1) is 0 Å². The Kier molecular flexibility index (Phi) is 5.12. The first-order chi connectivity index (χ1) is 10.6. The third kappa shape index (κ3) is 3.43. The molecule has 0 saturated carbocycles. The van der Waals surface area contributed by atoms with Crippen molar-refractivity contribution in [2.75, 3.05) is 19.2 Å². The van der Waals surface area contributed by atoms with Gasteiger partial charge in [-0.2, -0.15) is 0 Å². The lowest BCUT2D eigenvalue weighted by atomic mass is 10.1. The lowest BCUT2D eigenvalue weighted by Gasteiger charge is -2.20. The molecule has 5 nitrogen and oxygen atoms in total. The summed E-state index contributed by atoms with van der Waals surface area (Å²) < 4.78 is 11.3. The summed E-state index contributed by atoms with van der Waals surface area (Å²) >= 11 is 0. The van der Waals surface area contributed by atoms with Gasteiger partial charge in [0, 0.05) is 7.05 Å². The number of phenols is 1. The Balaban J connectivity index is 2.28. The van der Waals surface area contributed by atoms with E-state index in [-0.39, 0.29) is 5.75 Å². The smallest absolute Gasteiger partial charge is 0.127 e. The molecule has 0 saturated heterocycles. The molecule has 0 radical (unpaired) electrons. The molecule has 0 atom stereocenters. The van der Waals surface area contributed by atoms with E-state index in [4.69, 9.17) is 15.3 Å². The molecule has 0 amide bonds. The minimum Gasteiger partial charge on any atom is -0.508 e. The number of hydrogen-bond donors (Lipinski definition) is 2. The first-order valence-corrected chi connectivity index (χ1v) is 7.15. The van der Waals surface area contributed by atoms with Crippen LogP contribution < -0.4 is 20.3 Å². The number of ether oxygens (including phenoxy) is 2. The summed E-state index contributed by atoms with van der Waals surface area (Å²) in [5.41, 5.74) is 2.68. The van der Waals surface area contributed by atoms with Crippen LogP contribution in [-0.4, -0.2) is 19.3 Å².